The monoisotopic (exact) mass is 428 g/mol. The van der Waals surface area contributed by atoms with E-state index < -0.39 is 11.7 Å². The van der Waals surface area contributed by atoms with Crippen LogP contribution < -0.4 is 10.6 Å². The number of amides is 1. The fraction of sp³-hybridized carbons (Fsp3) is 0.125. The Labute approximate surface area is 147 Å². The fourth-order valence-corrected chi connectivity index (χ4v) is 2.70. The van der Waals surface area contributed by atoms with Crippen LogP contribution in [0.5, 0.6) is 0 Å². The summed E-state index contributed by atoms with van der Waals surface area (Å²) in [6.07, 6.45) is 0.836. The Bertz CT molecular complexity index is 721. The molecule has 0 spiro atoms. The third-order valence-corrected chi connectivity index (χ3v) is 3.92. The number of hydrogen-bond acceptors (Lipinski definition) is 2. The van der Waals surface area contributed by atoms with Crippen LogP contribution in [0.4, 0.5) is 10.1 Å². The molecule has 0 aromatic heterocycles. The van der Waals surface area contributed by atoms with E-state index in [1.165, 1.54) is 18.2 Å². The molecule has 0 saturated heterocycles. The lowest BCUT2D eigenvalue weighted by Crippen LogP contribution is -2.34. The average Bonchev–Trinajstić information content (AvgIpc) is 2.49. The SMILES string of the molecule is CCc1cc(I)ccc1NC(=S)NC(=O)c1ccccc1F. The molecule has 1 amide bonds. The van der Waals surface area contributed by atoms with Crippen LogP contribution in [0.3, 0.4) is 0 Å². The topological polar surface area (TPSA) is 41.1 Å². The highest BCUT2D eigenvalue weighted by Crippen LogP contribution is 2.19. The Balaban J connectivity index is 2.08. The molecule has 22 heavy (non-hydrogen) atoms. The molecule has 0 saturated carbocycles. The van der Waals surface area contributed by atoms with Crippen molar-refractivity contribution >= 4 is 51.5 Å². The molecule has 114 valence electrons. The Morgan fingerprint density at radius 3 is 2.68 bits per heavy atom. The van der Waals surface area contributed by atoms with Gasteiger partial charge in [-0.1, -0.05) is 19.1 Å². The number of carbonyl (C=O) groups is 1. The molecule has 0 aliphatic heterocycles. The highest BCUT2D eigenvalue weighted by atomic mass is 127. The van der Waals surface area contributed by atoms with Gasteiger partial charge in [0.15, 0.2) is 5.11 Å². The first kappa shape index (κ1) is 16.8. The predicted molar refractivity (Wildman–Crippen MR) is 98.6 cm³/mol. The normalized spacial score (nSPS) is 10.1. The highest BCUT2D eigenvalue weighted by Gasteiger charge is 2.13. The van der Waals surface area contributed by atoms with Crippen LogP contribution >= 0.6 is 34.8 Å². The van der Waals surface area contributed by atoms with E-state index in [-0.39, 0.29) is 10.7 Å². The van der Waals surface area contributed by atoms with Gasteiger partial charge in [0.25, 0.3) is 5.91 Å². The number of benzene rings is 2. The fourth-order valence-electron chi connectivity index (χ4n) is 1.95. The van der Waals surface area contributed by atoms with Crippen molar-refractivity contribution in [3.63, 3.8) is 0 Å². The number of rotatable bonds is 3. The molecule has 2 aromatic carbocycles. The summed E-state index contributed by atoms with van der Waals surface area (Å²) in [6, 6.07) is 11.7. The van der Waals surface area contributed by atoms with Crippen LogP contribution in [0.25, 0.3) is 0 Å². The second-order valence-electron chi connectivity index (χ2n) is 4.54. The standard InChI is InChI=1S/C16H14FIN2OS/c1-2-10-9-11(18)7-8-14(10)19-16(22)20-15(21)12-5-3-4-6-13(12)17/h3-9H,2H2,1H3,(H2,19,20,21,22). The third kappa shape index (κ3) is 4.23. The van der Waals surface area contributed by atoms with Crippen LogP contribution in [0.15, 0.2) is 42.5 Å². The van der Waals surface area contributed by atoms with E-state index in [9.17, 15) is 9.18 Å². The molecule has 0 fully saturated rings. The second-order valence-corrected chi connectivity index (χ2v) is 6.20. The van der Waals surface area contributed by atoms with Crippen molar-refractivity contribution in [2.45, 2.75) is 13.3 Å². The van der Waals surface area contributed by atoms with E-state index in [1.807, 2.05) is 25.1 Å². The maximum absolute atomic E-state index is 13.6. The molecular weight excluding hydrogens is 414 g/mol. The van der Waals surface area contributed by atoms with E-state index >= 15 is 0 Å². The highest BCUT2D eigenvalue weighted by molar-refractivity contribution is 14.1. The molecule has 0 aliphatic carbocycles. The van der Waals surface area contributed by atoms with Gasteiger partial charge >= 0.3 is 0 Å². The van der Waals surface area contributed by atoms with Gasteiger partial charge in [-0.05, 0) is 77.1 Å². The van der Waals surface area contributed by atoms with Crippen molar-refractivity contribution < 1.29 is 9.18 Å². The summed E-state index contributed by atoms with van der Waals surface area (Å²) in [4.78, 5) is 12.0. The molecular formula is C16H14FIN2OS. The summed E-state index contributed by atoms with van der Waals surface area (Å²) in [7, 11) is 0. The van der Waals surface area contributed by atoms with E-state index in [0.29, 0.717) is 0 Å². The lowest BCUT2D eigenvalue weighted by atomic mass is 10.1. The van der Waals surface area contributed by atoms with Crippen molar-refractivity contribution in [2.75, 3.05) is 5.32 Å². The van der Waals surface area contributed by atoms with E-state index in [4.69, 9.17) is 12.2 Å². The Morgan fingerprint density at radius 2 is 2.00 bits per heavy atom. The van der Waals surface area contributed by atoms with E-state index in [1.54, 1.807) is 6.07 Å². The van der Waals surface area contributed by atoms with Gasteiger partial charge in [-0.3, -0.25) is 10.1 Å². The number of nitrogens with one attached hydrogen (secondary N) is 2. The number of aryl methyl sites for hydroxylation is 1. The van der Waals surface area contributed by atoms with Gasteiger partial charge in [0.2, 0.25) is 0 Å². The van der Waals surface area contributed by atoms with Crippen molar-refractivity contribution in [3.8, 4) is 0 Å². The number of halogens is 2. The van der Waals surface area contributed by atoms with Crippen molar-refractivity contribution in [3.05, 3.63) is 63.0 Å². The number of hydrogen-bond donors (Lipinski definition) is 2. The Hall–Kier alpha value is -1.54. The molecule has 3 nitrogen and oxygen atoms in total. The number of anilines is 1. The maximum atomic E-state index is 13.6. The zero-order valence-corrected chi connectivity index (χ0v) is 14.8. The summed E-state index contributed by atoms with van der Waals surface area (Å²) in [5.41, 5.74) is 1.89. The molecule has 0 heterocycles. The minimum Gasteiger partial charge on any atom is -0.332 e. The summed E-state index contributed by atoms with van der Waals surface area (Å²) < 4.78 is 14.7. The molecule has 0 atom stereocenters. The summed E-state index contributed by atoms with van der Waals surface area (Å²) in [5.74, 6) is -1.15. The van der Waals surface area contributed by atoms with E-state index in [0.717, 1.165) is 21.2 Å². The smallest absolute Gasteiger partial charge is 0.260 e. The van der Waals surface area contributed by atoms with Crippen LogP contribution in [-0.2, 0) is 6.42 Å². The predicted octanol–water partition coefficient (Wildman–Crippen LogP) is 4.12. The summed E-state index contributed by atoms with van der Waals surface area (Å²) in [5, 5.41) is 5.62. The zero-order valence-electron chi connectivity index (χ0n) is 11.8. The van der Waals surface area contributed by atoms with Crippen LogP contribution in [0.2, 0.25) is 0 Å². The zero-order chi connectivity index (χ0) is 16.1. The van der Waals surface area contributed by atoms with Gasteiger partial charge in [-0.2, -0.15) is 0 Å². The lowest BCUT2D eigenvalue weighted by Gasteiger charge is -2.13. The van der Waals surface area contributed by atoms with Gasteiger partial charge in [0.1, 0.15) is 5.82 Å². The van der Waals surface area contributed by atoms with Gasteiger partial charge in [-0.25, -0.2) is 4.39 Å². The van der Waals surface area contributed by atoms with Crippen molar-refractivity contribution in [2.24, 2.45) is 0 Å². The first-order chi connectivity index (χ1) is 10.5. The summed E-state index contributed by atoms with van der Waals surface area (Å²) in [6.45, 7) is 2.04. The molecule has 6 heteroatoms. The number of carbonyl (C=O) groups excluding carboxylic acids is 1. The molecule has 2 aromatic rings. The second kappa shape index (κ2) is 7.64. The van der Waals surface area contributed by atoms with Gasteiger partial charge < -0.3 is 5.32 Å². The number of thiocarbonyl (C=S) groups is 1. The minimum absolute atomic E-state index is 0.0371. The first-order valence-electron chi connectivity index (χ1n) is 6.66. The van der Waals surface area contributed by atoms with Gasteiger partial charge in [-0.15, -0.1) is 0 Å². The van der Waals surface area contributed by atoms with Crippen LogP contribution in [-0.4, -0.2) is 11.0 Å². The van der Waals surface area contributed by atoms with Crippen LogP contribution in [0.1, 0.15) is 22.8 Å². The molecule has 2 N–H and O–H groups in total. The molecule has 0 unspecified atom stereocenters. The van der Waals surface area contributed by atoms with Gasteiger partial charge in [0, 0.05) is 9.26 Å². The largest absolute Gasteiger partial charge is 0.332 e. The quantitative estimate of drug-likeness (QED) is 0.571. The summed E-state index contributed by atoms with van der Waals surface area (Å²) >= 11 is 7.37. The molecule has 0 bridgehead atoms. The third-order valence-electron chi connectivity index (χ3n) is 3.04. The van der Waals surface area contributed by atoms with Crippen LogP contribution in [0, 0.1) is 9.39 Å². The van der Waals surface area contributed by atoms with Gasteiger partial charge in [0.05, 0.1) is 5.56 Å². The Morgan fingerprint density at radius 1 is 1.27 bits per heavy atom. The molecule has 2 rings (SSSR count). The molecule has 0 radical (unpaired) electrons. The first-order valence-corrected chi connectivity index (χ1v) is 8.15. The maximum Gasteiger partial charge on any atom is 0.260 e. The Kier molecular flexibility index (Phi) is 5.84. The molecule has 0 aliphatic rings. The average molecular weight is 428 g/mol. The van der Waals surface area contributed by atoms with E-state index in [2.05, 4.69) is 33.2 Å². The minimum atomic E-state index is -0.577. The lowest BCUT2D eigenvalue weighted by molar-refractivity contribution is 0.0974. The van der Waals surface area contributed by atoms with Crippen molar-refractivity contribution in [1.29, 1.82) is 0 Å². The van der Waals surface area contributed by atoms with Crippen molar-refractivity contribution in [1.82, 2.24) is 5.32 Å².